The zero-order valence-electron chi connectivity index (χ0n) is 12.3. The first-order valence-electron chi connectivity index (χ1n) is 6.49. The van der Waals surface area contributed by atoms with Gasteiger partial charge >= 0.3 is 21.1 Å². The largest absolute Gasteiger partial charge is 0.523 e. The molecule has 0 spiro atoms. The van der Waals surface area contributed by atoms with E-state index in [1.807, 2.05) is 0 Å². The van der Waals surface area contributed by atoms with Gasteiger partial charge in [-0.2, -0.15) is 38.4 Å². The van der Waals surface area contributed by atoms with Crippen molar-refractivity contribution in [2.24, 2.45) is 0 Å². The molecule has 0 saturated carbocycles. The van der Waals surface area contributed by atoms with Gasteiger partial charge < -0.3 is 0 Å². The molecule has 0 fully saturated rings. The number of allylic oxidation sites excluding steroid dienone is 1. The molecular weight excluding hydrogens is 382 g/mol. The maximum atomic E-state index is 13.8. The lowest BCUT2D eigenvalue weighted by atomic mass is 10.1. The van der Waals surface area contributed by atoms with E-state index in [0.29, 0.717) is 5.56 Å². The smallest absolute Gasteiger partial charge is 0.196 e. The summed E-state index contributed by atoms with van der Waals surface area (Å²) < 4.78 is 106. The first-order valence-corrected chi connectivity index (χ1v) is 9.46. The summed E-state index contributed by atoms with van der Waals surface area (Å²) in [6, 6.07) is 3.79. The molecule has 1 aliphatic heterocycles. The molecule has 0 N–H and O–H groups in total. The van der Waals surface area contributed by atoms with Gasteiger partial charge in [0.15, 0.2) is 0 Å². The molecule has 0 aromatic heterocycles. The van der Waals surface area contributed by atoms with Gasteiger partial charge in [-0.05, 0) is 36.6 Å². The first kappa shape index (κ1) is 19.1. The highest BCUT2D eigenvalue weighted by atomic mass is 32.3. The van der Waals surface area contributed by atoms with Crippen LogP contribution in [0.3, 0.4) is 0 Å². The van der Waals surface area contributed by atoms with Gasteiger partial charge in [-0.25, -0.2) is 0 Å². The molecule has 0 bridgehead atoms. The molecule has 24 heavy (non-hydrogen) atoms. The van der Waals surface area contributed by atoms with Gasteiger partial charge in [0, 0.05) is 20.1 Å². The van der Waals surface area contributed by atoms with Gasteiger partial charge in [-0.3, -0.25) is 0 Å². The summed E-state index contributed by atoms with van der Waals surface area (Å²) in [7, 11) is -11.3. The van der Waals surface area contributed by atoms with E-state index in [1.165, 1.54) is 26.0 Å². The minimum absolute atomic E-state index is 0.00199. The monoisotopic (exact) mass is 394 g/mol. The molecule has 1 atom stereocenters. The van der Waals surface area contributed by atoms with Crippen LogP contribution in [0.5, 0.6) is 0 Å². The van der Waals surface area contributed by atoms with Crippen LogP contribution in [-0.2, 0) is 13.7 Å². The lowest BCUT2D eigenvalue weighted by Gasteiger charge is -2.39. The van der Waals surface area contributed by atoms with E-state index in [4.69, 9.17) is 0 Å². The topological polar surface area (TPSA) is 43.4 Å². The average Bonchev–Trinajstić information content (AvgIpc) is 2.71. The fourth-order valence-corrected chi connectivity index (χ4v) is 6.95. The Bertz CT molecular complexity index is 795. The van der Waals surface area contributed by atoms with Crippen LogP contribution in [0.4, 0.5) is 26.3 Å². The third-order valence-electron chi connectivity index (χ3n) is 3.31. The highest BCUT2D eigenvalue weighted by molar-refractivity contribution is 8.37. The van der Waals surface area contributed by atoms with Crippen molar-refractivity contribution in [2.75, 3.05) is 0 Å². The number of fused-ring (bicyclic) bond motifs is 1. The Labute approximate surface area is 135 Å². The number of hydrogen-bond donors (Lipinski definition) is 0. The zero-order valence-corrected chi connectivity index (χ0v) is 14.0. The standard InChI is InChI=1S/C13H12F6O3S2/c1-3-10-7-9-5-4-8(2)6-11(9)23(10,12(14,15)16)22-24(20,21)13(17,18)19/h4-7H,3H2,1-2H3. The number of halogens is 6. The third-order valence-corrected chi connectivity index (χ3v) is 8.18. The average molecular weight is 394 g/mol. The Kier molecular flexibility index (Phi) is 4.52. The molecule has 3 nitrogen and oxygen atoms in total. The van der Waals surface area contributed by atoms with Gasteiger partial charge in [0.2, 0.25) is 0 Å². The summed E-state index contributed by atoms with van der Waals surface area (Å²) >= 11 is 0. The second-order valence-corrected chi connectivity index (χ2v) is 9.43. The van der Waals surface area contributed by atoms with Gasteiger partial charge in [0.1, 0.15) is 0 Å². The van der Waals surface area contributed by atoms with E-state index in [1.54, 1.807) is 0 Å². The second kappa shape index (κ2) is 5.67. The zero-order chi connectivity index (χ0) is 18.6. The minimum Gasteiger partial charge on any atom is -0.196 e. The van der Waals surface area contributed by atoms with Gasteiger partial charge in [-0.1, -0.05) is 19.1 Å². The van der Waals surface area contributed by atoms with E-state index in [0.717, 1.165) is 12.1 Å². The lowest BCUT2D eigenvalue weighted by molar-refractivity contribution is -0.0546. The first-order chi connectivity index (χ1) is 10.8. The van der Waals surface area contributed by atoms with Crippen LogP contribution in [-0.4, -0.2) is 19.4 Å². The van der Waals surface area contributed by atoms with Crippen molar-refractivity contribution >= 4 is 26.5 Å². The molecule has 0 amide bonds. The Morgan fingerprint density at radius 2 is 1.71 bits per heavy atom. The molecule has 1 aromatic carbocycles. The molecule has 0 saturated heterocycles. The Morgan fingerprint density at radius 1 is 1.12 bits per heavy atom. The van der Waals surface area contributed by atoms with Crippen molar-refractivity contribution < 1.29 is 38.4 Å². The fraction of sp³-hybridized carbons (Fsp3) is 0.385. The van der Waals surface area contributed by atoms with Crippen molar-refractivity contribution in [3.63, 3.8) is 0 Å². The Hall–Kier alpha value is -1.20. The lowest BCUT2D eigenvalue weighted by Crippen LogP contribution is -2.32. The summed E-state index contributed by atoms with van der Waals surface area (Å²) in [6.45, 7) is 2.74. The predicted molar refractivity (Wildman–Crippen MR) is 77.4 cm³/mol. The van der Waals surface area contributed by atoms with Crippen molar-refractivity contribution in [1.29, 1.82) is 0 Å². The molecule has 1 heterocycles. The highest BCUT2D eigenvalue weighted by Crippen LogP contribution is 2.78. The molecule has 1 unspecified atom stereocenters. The Morgan fingerprint density at radius 3 is 2.17 bits per heavy atom. The van der Waals surface area contributed by atoms with E-state index in [-0.39, 0.29) is 12.0 Å². The van der Waals surface area contributed by atoms with Crippen molar-refractivity contribution in [3.05, 3.63) is 34.2 Å². The van der Waals surface area contributed by atoms with Crippen LogP contribution in [0, 0.1) is 6.92 Å². The predicted octanol–water partition coefficient (Wildman–Crippen LogP) is 5.22. The van der Waals surface area contributed by atoms with Crippen LogP contribution >= 0.6 is 10.3 Å². The maximum absolute atomic E-state index is 13.8. The second-order valence-electron chi connectivity index (χ2n) is 4.98. The number of benzene rings is 1. The summed E-state index contributed by atoms with van der Waals surface area (Å²) in [6.07, 6.45) is 0.736. The molecule has 136 valence electrons. The van der Waals surface area contributed by atoms with Crippen molar-refractivity contribution in [3.8, 4) is 0 Å². The molecule has 11 heteroatoms. The van der Waals surface area contributed by atoms with Gasteiger partial charge in [-0.15, -0.1) is 0 Å². The molecule has 0 radical (unpaired) electrons. The maximum Gasteiger partial charge on any atom is 0.523 e. The van der Waals surface area contributed by atoms with E-state index in [9.17, 15) is 34.8 Å². The molecular formula is C13H12F6O3S2. The summed E-state index contributed by atoms with van der Waals surface area (Å²) in [5.41, 5.74) is -10.9. The minimum atomic E-state index is -6.45. The quantitative estimate of drug-likeness (QED) is 0.521. The van der Waals surface area contributed by atoms with Crippen molar-refractivity contribution in [2.45, 2.75) is 36.2 Å². The number of alkyl halides is 6. The number of hydrogen-bond acceptors (Lipinski definition) is 3. The molecule has 2 rings (SSSR count). The molecule has 1 aliphatic rings. The number of aryl methyl sites for hydroxylation is 1. The van der Waals surface area contributed by atoms with E-state index in [2.05, 4.69) is 3.63 Å². The molecule has 1 aromatic rings. The van der Waals surface area contributed by atoms with Crippen LogP contribution in [0.2, 0.25) is 0 Å². The van der Waals surface area contributed by atoms with Crippen LogP contribution in [0.15, 0.2) is 28.0 Å². The third kappa shape index (κ3) is 2.82. The molecule has 0 aliphatic carbocycles. The summed E-state index contributed by atoms with van der Waals surface area (Å²) in [4.78, 5) is -1.11. The van der Waals surface area contributed by atoms with Crippen molar-refractivity contribution in [1.82, 2.24) is 0 Å². The normalized spacial score (nSPS) is 24.2. The van der Waals surface area contributed by atoms with E-state index < -0.39 is 41.2 Å². The summed E-state index contributed by atoms with van der Waals surface area (Å²) in [5.74, 6) is 0. The fourth-order valence-electron chi connectivity index (χ4n) is 2.28. The summed E-state index contributed by atoms with van der Waals surface area (Å²) in [5, 5.41) is 0. The van der Waals surface area contributed by atoms with Crippen LogP contribution in [0.1, 0.15) is 24.5 Å². The van der Waals surface area contributed by atoms with Crippen LogP contribution in [0.25, 0.3) is 6.08 Å². The van der Waals surface area contributed by atoms with Gasteiger partial charge in [0.25, 0.3) is 0 Å². The Balaban J connectivity index is 2.79. The van der Waals surface area contributed by atoms with E-state index >= 15 is 0 Å². The van der Waals surface area contributed by atoms with Crippen LogP contribution < -0.4 is 0 Å². The SMILES string of the molecule is CCC1=Cc2ccc(C)cc2S1(OS(=O)(=O)C(F)(F)F)C(F)(F)F. The van der Waals surface area contributed by atoms with Gasteiger partial charge in [0.05, 0.1) is 0 Å². The number of rotatable bonds is 3. The highest BCUT2D eigenvalue weighted by Gasteiger charge is 2.63.